The van der Waals surface area contributed by atoms with E-state index >= 15 is 0 Å². The second-order valence-corrected chi connectivity index (χ2v) is 5.30. The fourth-order valence-corrected chi connectivity index (χ4v) is 2.65. The highest BCUT2D eigenvalue weighted by atomic mass is 32.2. The van der Waals surface area contributed by atoms with E-state index in [9.17, 15) is 8.42 Å². The number of benzene rings is 1. The van der Waals surface area contributed by atoms with E-state index in [2.05, 4.69) is 9.71 Å². The van der Waals surface area contributed by atoms with Crippen molar-refractivity contribution in [2.75, 3.05) is 5.32 Å². The van der Waals surface area contributed by atoms with Crippen LogP contribution in [0, 0.1) is 5.92 Å². The lowest BCUT2D eigenvalue weighted by Gasteiger charge is -2.19. The summed E-state index contributed by atoms with van der Waals surface area (Å²) >= 11 is 0. The number of rotatable bonds is 1. The number of nitrogens with zero attached hydrogens (tertiary/aromatic N) is 1. The van der Waals surface area contributed by atoms with Crippen molar-refractivity contribution in [3.63, 3.8) is 0 Å². The SMILES string of the molecule is CC(C)C1=NS(=O)(=O)c2ccccc2N1. The van der Waals surface area contributed by atoms with Crippen molar-refractivity contribution in [3.05, 3.63) is 24.3 Å². The summed E-state index contributed by atoms with van der Waals surface area (Å²) in [6, 6.07) is 6.78. The minimum absolute atomic E-state index is 0.0631. The van der Waals surface area contributed by atoms with Crippen LogP contribution in [0.4, 0.5) is 5.69 Å². The van der Waals surface area contributed by atoms with Gasteiger partial charge in [-0.2, -0.15) is 8.42 Å². The molecular weight excluding hydrogens is 212 g/mol. The molecule has 5 heteroatoms. The summed E-state index contributed by atoms with van der Waals surface area (Å²) in [6.45, 7) is 3.80. The number of hydrogen-bond acceptors (Lipinski definition) is 3. The third kappa shape index (κ3) is 1.74. The number of para-hydroxylation sites is 1. The van der Waals surface area contributed by atoms with Crippen LogP contribution >= 0.6 is 0 Å². The van der Waals surface area contributed by atoms with Crippen LogP contribution in [0.5, 0.6) is 0 Å². The Balaban J connectivity index is 2.60. The van der Waals surface area contributed by atoms with E-state index in [1.54, 1.807) is 24.3 Å². The molecule has 15 heavy (non-hydrogen) atoms. The van der Waals surface area contributed by atoms with Gasteiger partial charge in [-0.25, -0.2) is 0 Å². The molecule has 0 spiro atoms. The zero-order valence-corrected chi connectivity index (χ0v) is 9.38. The van der Waals surface area contributed by atoms with Crippen LogP contribution in [0.2, 0.25) is 0 Å². The molecule has 1 aromatic carbocycles. The molecule has 0 bridgehead atoms. The van der Waals surface area contributed by atoms with Gasteiger partial charge in [0.1, 0.15) is 10.7 Å². The van der Waals surface area contributed by atoms with E-state index in [-0.39, 0.29) is 10.8 Å². The summed E-state index contributed by atoms with van der Waals surface area (Å²) < 4.78 is 27.3. The lowest BCUT2D eigenvalue weighted by atomic mass is 10.2. The van der Waals surface area contributed by atoms with Crippen molar-refractivity contribution in [1.82, 2.24) is 0 Å². The van der Waals surface area contributed by atoms with Crippen LogP contribution in [-0.4, -0.2) is 14.3 Å². The minimum Gasteiger partial charge on any atom is -0.342 e. The first-order valence-corrected chi connectivity index (χ1v) is 6.15. The Hall–Kier alpha value is -1.36. The molecular formula is C10H12N2O2S. The van der Waals surface area contributed by atoms with Gasteiger partial charge in [0.25, 0.3) is 10.0 Å². The van der Waals surface area contributed by atoms with E-state index in [4.69, 9.17) is 0 Å². The van der Waals surface area contributed by atoms with Crippen molar-refractivity contribution >= 4 is 21.5 Å². The molecule has 1 N–H and O–H groups in total. The summed E-state index contributed by atoms with van der Waals surface area (Å²) in [5.41, 5.74) is 0.608. The zero-order valence-electron chi connectivity index (χ0n) is 8.56. The van der Waals surface area contributed by atoms with Crippen LogP contribution < -0.4 is 5.32 Å². The predicted molar refractivity (Wildman–Crippen MR) is 59.5 cm³/mol. The number of amidine groups is 1. The zero-order chi connectivity index (χ0) is 11.1. The summed E-state index contributed by atoms with van der Waals surface area (Å²) in [5.74, 6) is 0.557. The van der Waals surface area contributed by atoms with Crippen molar-refractivity contribution in [2.24, 2.45) is 10.3 Å². The molecule has 0 fully saturated rings. The number of nitrogens with one attached hydrogen (secondary N) is 1. The third-order valence-electron chi connectivity index (χ3n) is 2.19. The molecule has 0 aliphatic carbocycles. The molecule has 0 unspecified atom stereocenters. The smallest absolute Gasteiger partial charge is 0.286 e. The number of hydrogen-bond donors (Lipinski definition) is 1. The Morgan fingerprint density at radius 3 is 2.60 bits per heavy atom. The second-order valence-electron chi connectivity index (χ2n) is 3.73. The number of fused-ring (bicyclic) bond motifs is 1. The topological polar surface area (TPSA) is 58.5 Å². The Kier molecular flexibility index (Phi) is 2.26. The fourth-order valence-electron chi connectivity index (χ4n) is 1.38. The van der Waals surface area contributed by atoms with Crippen LogP contribution in [0.25, 0.3) is 0 Å². The van der Waals surface area contributed by atoms with Gasteiger partial charge in [0, 0.05) is 5.92 Å². The van der Waals surface area contributed by atoms with Crippen LogP contribution in [-0.2, 0) is 10.0 Å². The Morgan fingerprint density at radius 2 is 1.93 bits per heavy atom. The van der Waals surface area contributed by atoms with Crippen molar-refractivity contribution < 1.29 is 8.42 Å². The molecule has 1 aliphatic heterocycles. The maximum Gasteiger partial charge on any atom is 0.286 e. The molecule has 2 rings (SSSR count). The van der Waals surface area contributed by atoms with E-state index in [1.807, 2.05) is 13.8 Å². The van der Waals surface area contributed by atoms with Gasteiger partial charge in [-0.15, -0.1) is 4.40 Å². The lowest BCUT2D eigenvalue weighted by Crippen LogP contribution is -2.25. The second kappa shape index (κ2) is 3.34. The van der Waals surface area contributed by atoms with Gasteiger partial charge in [-0.05, 0) is 12.1 Å². The fraction of sp³-hybridized carbons (Fsp3) is 0.300. The van der Waals surface area contributed by atoms with E-state index in [0.717, 1.165) is 0 Å². The normalized spacial score (nSPS) is 17.9. The molecule has 0 atom stereocenters. The molecule has 4 nitrogen and oxygen atoms in total. The van der Waals surface area contributed by atoms with Gasteiger partial charge in [-0.3, -0.25) is 0 Å². The van der Waals surface area contributed by atoms with Gasteiger partial charge < -0.3 is 5.32 Å². The van der Waals surface area contributed by atoms with Crippen molar-refractivity contribution in [2.45, 2.75) is 18.7 Å². The summed E-state index contributed by atoms with van der Waals surface area (Å²) in [7, 11) is -3.51. The Morgan fingerprint density at radius 1 is 1.27 bits per heavy atom. The highest BCUT2D eigenvalue weighted by Gasteiger charge is 2.25. The van der Waals surface area contributed by atoms with Crippen molar-refractivity contribution in [3.8, 4) is 0 Å². The number of sulfonamides is 1. The molecule has 1 aliphatic rings. The highest BCUT2D eigenvalue weighted by Crippen LogP contribution is 2.27. The summed E-state index contributed by atoms with van der Waals surface area (Å²) in [4.78, 5) is 0.245. The quantitative estimate of drug-likeness (QED) is 0.792. The third-order valence-corrected chi connectivity index (χ3v) is 3.54. The Labute approximate surface area is 89.1 Å². The number of anilines is 1. The van der Waals surface area contributed by atoms with Crippen LogP contribution in [0.3, 0.4) is 0 Å². The van der Waals surface area contributed by atoms with Crippen molar-refractivity contribution in [1.29, 1.82) is 0 Å². The molecule has 1 aromatic rings. The maximum absolute atomic E-state index is 11.8. The molecule has 80 valence electrons. The van der Waals surface area contributed by atoms with Crippen LogP contribution in [0.15, 0.2) is 33.6 Å². The maximum atomic E-state index is 11.8. The first kappa shape index (κ1) is 10.2. The predicted octanol–water partition coefficient (Wildman–Crippen LogP) is 1.86. The monoisotopic (exact) mass is 224 g/mol. The molecule has 0 saturated heterocycles. The van der Waals surface area contributed by atoms with E-state index in [0.29, 0.717) is 11.5 Å². The highest BCUT2D eigenvalue weighted by molar-refractivity contribution is 7.90. The van der Waals surface area contributed by atoms with E-state index < -0.39 is 10.0 Å². The molecule has 0 saturated carbocycles. The molecule has 1 heterocycles. The standard InChI is InChI=1S/C10H12N2O2S/c1-7(2)10-11-8-5-3-4-6-9(8)15(13,14)12-10/h3-7H,1-2H3,(H,11,12). The lowest BCUT2D eigenvalue weighted by molar-refractivity contribution is 0.597. The minimum atomic E-state index is -3.51. The van der Waals surface area contributed by atoms with Gasteiger partial charge in [-0.1, -0.05) is 26.0 Å². The molecule has 0 aromatic heterocycles. The summed E-state index contributed by atoms with van der Waals surface area (Å²) in [6.07, 6.45) is 0. The average molecular weight is 224 g/mol. The van der Waals surface area contributed by atoms with Gasteiger partial charge in [0.05, 0.1) is 5.69 Å². The van der Waals surface area contributed by atoms with E-state index in [1.165, 1.54) is 0 Å². The average Bonchev–Trinajstić information content (AvgIpc) is 2.16. The first-order chi connectivity index (χ1) is 7.00. The summed E-state index contributed by atoms with van der Waals surface area (Å²) in [5, 5.41) is 3.02. The van der Waals surface area contributed by atoms with Gasteiger partial charge in [0.15, 0.2) is 0 Å². The van der Waals surface area contributed by atoms with Gasteiger partial charge in [0.2, 0.25) is 0 Å². The van der Waals surface area contributed by atoms with Crippen LogP contribution in [0.1, 0.15) is 13.8 Å². The first-order valence-electron chi connectivity index (χ1n) is 4.71. The van der Waals surface area contributed by atoms with Gasteiger partial charge >= 0.3 is 0 Å². The largest absolute Gasteiger partial charge is 0.342 e. The molecule has 0 radical (unpaired) electrons. The Bertz CT molecular complexity index is 518. The molecule has 0 amide bonds.